The zero-order valence-electron chi connectivity index (χ0n) is 38.0. The number of cyclic esters (lactones) is 1. The summed E-state index contributed by atoms with van der Waals surface area (Å²) in [5.74, 6) is -2.00. The Bertz CT molecular complexity index is 2260. The van der Waals surface area contributed by atoms with E-state index in [1.807, 2.05) is 45.2 Å². The minimum atomic E-state index is -1.25. The predicted octanol–water partition coefficient (Wildman–Crippen LogP) is 6.89. The number of hydrazine groups is 1. The maximum absolute atomic E-state index is 14.5. The summed E-state index contributed by atoms with van der Waals surface area (Å²) in [6.45, 7) is 15.7. The van der Waals surface area contributed by atoms with Gasteiger partial charge in [-0.3, -0.25) is 19.4 Å². The number of hydrogen-bond donors (Lipinski definition) is 2. The van der Waals surface area contributed by atoms with E-state index in [0.717, 1.165) is 44.0 Å². The number of fused-ring (bicyclic) bond motifs is 4. The first kappa shape index (κ1) is 47.5. The van der Waals surface area contributed by atoms with Crippen molar-refractivity contribution in [1.82, 2.24) is 40.3 Å². The van der Waals surface area contributed by atoms with E-state index in [2.05, 4.69) is 48.9 Å². The number of methoxy groups -OCH3 is 1. The van der Waals surface area contributed by atoms with Gasteiger partial charge in [0.05, 0.1) is 54.1 Å². The van der Waals surface area contributed by atoms with Gasteiger partial charge < -0.3 is 33.9 Å². The molecule has 1 aromatic carbocycles. The molecule has 63 heavy (non-hydrogen) atoms. The van der Waals surface area contributed by atoms with Crippen molar-refractivity contribution >= 4 is 46.1 Å². The summed E-state index contributed by atoms with van der Waals surface area (Å²) in [7, 11) is 3.25. The SMILES string of the molecule is CCn1c(-c2cccnc2[C@H](C)OC)c2c3cc(ccc31)-c1csc(n1)C[C@H](NC(=O)C(C(C)C)N(C)C(=O)N1CCOC[C@@H]1C)C(=O)N(NF)CCCCC(=O)OCC(C)(C)C2. The predicted molar refractivity (Wildman–Crippen MR) is 240 cm³/mol. The summed E-state index contributed by atoms with van der Waals surface area (Å²) < 4.78 is 34.0. The zero-order chi connectivity index (χ0) is 45.6. The van der Waals surface area contributed by atoms with Crippen molar-refractivity contribution in [2.75, 3.05) is 47.1 Å². The molecule has 3 aromatic heterocycles. The highest BCUT2D eigenvalue weighted by Crippen LogP contribution is 2.42. The van der Waals surface area contributed by atoms with Crippen LogP contribution in [-0.4, -0.2) is 118 Å². The lowest BCUT2D eigenvalue weighted by Crippen LogP contribution is -2.60. The normalized spacial score (nSPS) is 20.1. The van der Waals surface area contributed by atoms with Crippen LogP contribution in [0.2, 0.25) is 0 Å². The van der Waals surface area contributed by atoms with Crippen LogP contribution in [0, 0.1) is 11.3 Å². The van der Waals surface area contributed by atoms with Crippen LogP contribution in [0.3, 0.4) is 0 Å². The van der Waals surface area contributed by atoms with Gasteiger partial charge in [0.2, 0.25) is 5.91 Å². The first-order valence-corrected chi connectivity index (χ1v) is 22.8. The number of thiazole rings is 1. The molecule has 4 aromatic rings. The highest BCUT2D eigenvalue weighted by molar-refractivity contribution is 7.10. The fourth-order valence-corrected chi connectivity index (χ4v) is 9.53. The van der Waals surface area contributed by atoms with E-state index in [-0.39, 0.29) is 62.5 Å². The first-order chi connectivity index (χ1) is 30.1. The van der Waals surface area contributed by atoms with Gasteiger partial charge in [0.15, 0.2) is 0 Å². The topological polar surface area (TPSA) is 160 Å². The lowest BCUT2D eigenvalue weighted by Gasteiger charge is -2.39. The maximum Gasteiger partial charge on any atom is 0.320 e. The van der Waals surface area contributed by atoms with Gasteiger partial charge in [-0.1, -0.05) is 39.4 Å². The number of ether oxygens (including phenoxy) is 3. The number of amides is 4. The van der Waals surface area contributed by atoms with Crippen LogP contribution in [0.15, 0.2) is 41.9 Å². The van der Waals surface area contributed by atoms with Crippen LogP contribution >= 0.6 is 11.3 Å². The number of morpholine rings is 1. The average molecular weight is 891 g/mol. The van der Waals surface area contributed by atoms with Gasteiger partial charge in [0, 0.05) is 85.7 Å². The lowest BCUT2D eigenvalue weighted by atomic mass is 9.84. The number of esters is 1. The average Bonchev–Trinajstić information content (AvgIpc) is 3.86. The van der Waals surface area contributed by atoms with E-state index >= 15 is 0 Å². The third kappa shape index (κ3) is 10.7. The molecule has 17 heteroatoms. The Morgan fingerprint density at radius 2 is 1.92 bits per heavy atom. The molecule has 2 aliphatic heterocycles. The smallest absolute Gasteiger partial charge is 0.320 e. The number of carbonyl (C=O) groups is 4. The fraction of sp³-hybridized carbons (Fsp3) is 0.565. The molecule has 1 unspecified atom stereocenters. The number of halogens is 1. The third-order valence-electron chi connectivity index (χ3n) is 12.0. The van der Waals surface area contributed by atoms with Gasteiger partial charge in [0.25, 0.3) is 5.91 Å². The molecule has 5 heterocycles. The van der Waals surface area contributed by atoms with E-state index in [1.165, 1.54) is 21.9 Å². The number of likely N-dealkylation sites (N-methyl/N-ethyl adjacent to an activating group) is 1. The molecule has 342 valence electrons. The standard InChI is InChI=1S/C46H63FN8O7S/c1-10-53-37-17-16-31-22-33(37)34(42(53)32-14-13-18-48-40(32)30(5)60-9)24-46(6,7)27-62-39(56)15-11-12-19-55(51-47)44(58)35(23-38-49-36(31)26-63-38)50-43(57)41(28(2)3)52(8)45(59)54-20-21-61-25-29(54)4/h13-14,16-18,22,26,28-30,35,41,51H,10-12,15,19-21,23-25,27H2,1-9H3,(H,50,57)/t29-,30-,35-,41?/m0/s1. The van der Waals surface area contributed by atoms with Crippen molar-refractivity contribution in [3.63, 3.8) is 0 Å². The van der Waals surface area contributed by atoms with Crippen LogP contribution in [0.5, 0.6) is 0 Å². The summed E-state index contributed by atoms with van der Waals surface area (Å²) in [5, 5.41) is 7.18. The molecule has 6 rings (SSSR count). The fourth-order valence-electron chi connectivity index (χ4n) is 8.68. The van der Waals surface area contributed by atoms with E-state index < -0.39 is 29.3 Å². The summed E-state index contributed by atoms with van der Waals surface area (Å²) in [5.41, 5.74) is 7.45. The number of rotatable bonds is 9. The Labute approximate surface area is 373 Å². The maximum atomic E-state index is 14.5. The highest BCUT2D eigenvalue weighted by atomic mass is 32.1. The second-order valence-corrected chi connectivity index (χ2v) is 18.7. The summed E-state index contributed by atoms with van der Waals surface area (Å²) >= 11 is 1.34. The molecule has 0 aliphatic carbocycles. The molecule has 4 bridgehead atoms. The van der Waals surface area contributed by atoms with Crippen molar-refractivity contribution in [2.45, 2.75) is 111 Å². The Hall–Kier alpha value is -4.97. The molecule has 15 nitrogen and oxygen atoms in total. The van der Waals surface area contributed by atoms with Crippen molar-refractivity contribution in [3.05, 3.63) is 58.2 Å². The number of carbonyl (C=O) groups excluding carboxylic acids is 4. The summed E-state index contributed by atoms with van der Waals surface area (Å²) in [4.78, 5) is 68.2. The molecule has 1 fully saturated rings. The largest absolute Gasteiger partial charge is 0.465 e. The molecule has 0 spiro atoms. The molecule has 2 aliphatic rings. The Morgan fingerprint density at radius 3 is 2.62 bits per heavy atom. The Morgan fingerprint density at radius 1 is 1.14 bits per heavy atom. The van der Waals surface area contributed by atoms with Crippen LogP contribution in [0.25, 0.3) is 33.4 Å². The van der Waals surface area contributed by atoms with Crippen molar-refractivity contribution in [1.29, 1.82) is 0 Å². The van der Waals surface area contributed by atoms with Crippen molar-refractivity contribution in [2.24, 2.45) is 11.3 Å². The number of pyridine rings is 1. The molecule has 0 saturated carbocycles. The molecule has 2 N–H and O–H groups in total. The lowest BCUT2D eigenvalue weighted by molar-refractivity contribution is -0.147. The van der Waals surface area contributed by atoms with Gasteiger partial charge in [-0.25, -0.2) is 14.8 Å². The zero-order valence-corrected chi connectivity index (χ0v) is 38.9. The van der Waals surface area contributed by atoms with Crippen LogP contribution in [0.1, 0.15) is 90.1 Å². The van der Waals surface area contributed by atoms with E-state index in [1.54, 1.807) is 25.3 Å². The van der Waals surface area contributed by atoms with Crippen LogP contribution in [-0.2, 0) is 48.0 Å². The Kier molecular flexibility index (Phi) is 15.6. The first-order valence-electron chi connectivity index (χ1n) is 21.9. The molecule has 4 amide bonds. The van der Waals surface area contributed by atoms with Crippen LogP contribution in [0.4, 0.5) is 9.28 Å². The van der Waals surface area contributed by atoms with E-state index in [9.17, 15) is 23.7 Å². The Balaban J connectivity index is 1.41. The minimum Gasteiger partial charge on any atom is -0.465 e. The number of aromatic nitrogens is 3. The minimum absolute atomic E-state index is 0.0395. The second kappa shape index (κ2) is 20.7. The van der Waals surface area contributed by atoms with E-state index in [0.29, 0.717) is 49.8 Å². The van der Waals surface area contributed by atoms with Gasteiger partial charge in [-0.05, 0) is 75.8 Å². The molecular weight excluding hydrogens is 828 g/mol. The number of hydrogen-bond acceptors (Lipinski definition) is 11. The number of urea groups is 1. The number of nitrogens with zero attached hydrogens (tertiary/aromatic N) is 6. The van der Waals surface area contributed by atoms with Gasteiger partial charge >= 0.3 is 12.0 Å². The molecule has 4 atom stereocenters. The molecule has 1 saturated heterocycles. The van der Waals surface area contributed by atoms with Crippen molar-refractivity contribution < 1.29 is 37.9 Å². The third-order valence-corrected chi connectivity index (χ3v) is 12.9. The molecular formula is C46H63FN8O7S. The summed E-state index contributed by atoms with van der Waals surface area (Å²) in [6, 6.07) is 7.55. The van der Waals surface area contributed by atoms with Crippen molar-refractivity contribution in [3.8, 4) is 22.5 Å². The quantitative estimate of drug-likeness (QED) is 0.134. The highest BCUT2D eigenvalue weighted by Gasteiger charge is 2.38. The number of nitrogens with one attached hydrogen (secondary N) is 2. The molecule has 0 radical (unpaired) electrons. The second-order valence-electron chi connectivity index (χ2n) is 17.7. The van der Waals surface area contributed by atoms with Gasteiger partial charge in [-0.15, -0.1) is 15.8 Å². The van der Waals surface area contributed by atoms with Crippen LogP contribution < -0.4 is 11.0 Å². The van der Waals surface area contributed by atoms with Gasteiger partial charge in [0.1, 0.15) is 12.1 Å². The number of benzene rings is 1. The van der Waals surface area contributed by atoms with E-state index in [4.69, 9.17) is 24.2 Å². The van der Waals surface area contributed by atoms with Gasteiger partial charge in [-0.2, -0.15) is 0 Å². The number of aryl methyl sites for hydroxylation is 1. The monoisotopic (exact) mass is 890 g/mol. The summed E-state index contributed by atoms with van der Waals surface area (Å²) in [6.07, 6.45) is 2.72.